The number of hydrogen-bond donors (Lipinski definition) is 2. The monoisotopic (exact) mass is 423 g/mol. The molecular formula is C23H29N5O3. The van der Waals surface area contributed by atoms with Crippen molar-refractivity contribution in [1.29, 1.82) is 0 Å². The van der Waals surface area contributed by atoms with Crippen LogP contribution in [0.4, 0.5) is 10.5 Å². The summed E-state index contributed by atoms with van der Waals surface area (Å²) in [5.41, 5.74) is 13.9. The van der Waals surface area contributed by atoms with E-state index in [9.17, 15) is 9.59 Å². The predicted octanol–water partition coefficient (Wildman–Crippen LogP) is 2.11. The highest BCUT2D eigenvalue weighted by Crippen LogP contribution is 2.19. The molecule has 0 unspecified atom stereocenters. The first-order valence-electron chi connectivity index (χ1n) is 10.3. The number of anilines is 1. The summed E-state index contributed by atoms with van der Waals surface area (Å²) in [5.74, 6) is -0.372. The van der Waals surface area contributed by atoms with Gasteiger partial charge in [0.2, 0.25) is 5.91 Å². The number of carbonyl (C=O) groups excluding carboxylic acids is 2. The SMILES string of the molecule is CN1CCC(OC(=O)N=C(N)c2cccc(N(CC(N)=O)Cc3ccccc3)c2)CC1. The first kappa shape index (κ1) is 22.3. The quantitative estimate of drug-likeness (QED) is 0.521. The number of likely N-dealkylation sites (tertiary alicyclic amines) is 1. The van der Waals surface area contributed by atoms with Crippen molar-refractivity contribution in [1.82, 2.24) is 4.90 Å². The highest BCUT2D eigenvalue weighted by molar-refractivity contribution is 6.03. The van der Waals surface area contributed by atoms with E-state index in [-0.39, 0.29) is 18.5 Å². The normalized spacial score (nSPS) is 15.5. The summed E-state index contributed by atoms with van der Waals surface area (Å²) in [5, 5.41) is 0. The van der Waals surface area contributed by atoms with Crippen molar-refractivity contribution in [2.75, 3.05) is 31.6 Å². The molecular weight excluding hydrogens is 394 g/mol. The van der Waals surface area contributed by atoms with Gasteiger partial charge in [-0.05, 0) is 37.6 Å². The molecule has 2 aromatic carbocycles. The maximum atomic E-state index is 12.2. The zero-order valence-corrected chi connectivity index (χ0v) is 17.7. The highest BCUT2D eigenvalue weighted by Gasteiger charge is 2.20. The third-order valence-corrected chi connectivity index (χ3v) is 5.21. The molecule has 1 aliphatic heterocycles. The number of rotatable bonds is 7. The van der Waals surface area contributed by atoms with Crippen LogP contribution in [0, 0.1) is 0 Å². The number of piperidine rings is 1. The van der Waals surface area contributed by atoms with Gasteiger partial charge in [0, 0.05) is 30.9 Å². The second-order valence-corrected chi connectivity index (χ2v) is 7.74. The second kappa shape index (κ2) is 10.6. The van der Waals surface area contributed by atoms with Gasteiger partial charge in [0.25, 0.3) is 0 Å². The fourth-order valence-electron chi connectivity index (χ4n) is 3.53. The van der Waals surface area contributed by atoms with Crippen LogP contribution in [0.2, 0.25) is 0 Å². The number of amidine groups is 1. The summed E-state index contributed by atoms with van der Waals surface area (Å²) in [6.07, 6.45) is 0.753. The molecule has 0 aromatic heterocycles. The van der Waals surface area contributed by atoms with Crippen LogP contribution < -0.4 is 16.4 Å². The standard InChI is InChI=1S/C23H29N5O3/c1-27-12-10-20(11-13-27)31-23(30)26-22(25)18-8-5-9-19(14-18)28(16-21(24)29)15-17-6-3-2-4-7-17/h2-9,14,20H,10-13,15-16H2,1H3,(H2,24,29)(H2,25,26,30). The predicted molar refractivity (Wildman–Crippen MR) is 121 cm³/mol. The van der Waals surface area contributed by atoms with E-state index in [1.165, 1.54) is 0 Å². The van der Waals surface area contributed by atoms with Crippen LogP contribution in [-0.2, 0) is 16.1 Å². The Morgan fingerprint density at radius 3 is 2.48 bits per heavy atom. The fraction of sp³-hybridized carbons (Fsp3) is 0.348. The first-order valence-corrected chi connectivity index (χ1v) is 10.3. The largest absolute Gasteiger partial charge is 0.444 e. The molecule has 1 heterocycles. The molecule has 1 saturated heterocycles. The molecule has 0 atom stereocenters. The number of hydrogen-bond acceptors (Lipinski definition) is 5. The zero-order valence-electron chi connectivity index (χ0n) is 17.7. The van der Waals surface area contributed by atoms with Crippen LogP contribution in [0.3, 0.4) is 0 Å². The van der Waals surface area contributed by atoms with Crippen LogP contribution >= 0.6 is 0 Å². The number of amides is 2. The number of ether oxygens (including phenoxy) is 1. The van der Waals surface area contributed by atoms with E-state index >= 15 is 0 Å². The van der Waals surface area contributed by atoms with E-state index in [0.29, 0.717) is 12.1 Å². The summed E-state index contributed by atoms with van der Waals surface area (Å²) in [6, 6.07) is 17.0. The Kier molecular flexibility index (Phi) is 7.61. The maximum Gasteiger partial charge on any atom is 0.435 e. The van der Waals surface area contributed by atoms with Crippen LogP contribution in [0.15, 0.2) is 59.6 Å². The summed E-state index contributed by atoms with van der Waals surface area (Å²) in [6.45, 7) is 2.32. The molecule has 164 valence electrons. The molecule has 31 heavy (non-hydrogen) atoms. The number of aliphatic imine (C=N–C) groups is 1. The summed E-state index contributed by atoms with van der Waals surface area (Å²) in [7, 11) is 2.04. The van der Waals surface area contributed by atoms with Gasteiger partial charge >= 0.3 is 6.09 Å². The van der Waals surface area contributed by atoms with Gasteiger partial charge in [-0.1, -0.05) is 42.5 Å². The van der Waals surface area contributed by atoms with Crippen molar-refractivity contribution in [2.24, 2.45) is 16.5 Å². The van der Waals surface area contributed by atoms with Gasteiger partial charge in [0.15, 0.2) is 0 Å². The lowest BCUT2D eigenvalue weighted by Crippen LogP contribution is -2.35. The van der Waals surface area contributed by atoms with E-state index in [0.717, 1.165) is 37.2 Å². The Bertz CT molecular complexity index is 924. The maximum absolute atomic E-state index is 12.2. The van der Waals surface area contributed by atoms with Crippen molar-refractivity contribution in [3.8, 4) is 0 Å². The van der Waals surface area contributed by atoms with E-state index < -0.39 is 12.0 Å². The third-order valence-electron chi connectivity index (χ3n) is 5.21. The van der Waals surface area contributed by atoms with Gasteiger partial charge in [0.1, 0.15) is 11.9 Å². The Labute approximate surface area is 182 Å². The zero-order chi connectivity index (χ0) is 22.2. The van der Waals surface area contributed by atoms with Crippen molar-refractivity contribution < 1.29 is 14.3 Å². The smallest absolute Gasteiger partial charge is 0.435 e. The number of benzene rings is 2. The van der Waals surface area contributed by atoms with E-state index in [1.807, 2.05) is 48.3 Å². The number of nitrogens with zero attached hydrogens (tertiary/aromatic N) is 3. The summed E-state index contributed by atoms with van der Waals surface area (Å²) < 4.78 is 5.44. The first-order chi connectivity index (χ1) is 14.9. The molecule has 2 aromatic rings. The van der Waals surface area contributed by atoms with Gasteiger partial charge < -0.3 is 26.0 Å². The van der Waals surface area contributed by atoms with E-state index in [2.05, 4.69) is 9.89 Å². The second-order valence-electron chi connectivity index (χ2n) is 7.74. The lowest BCUT2D eigenvalue weighted by Gasteiger charge is -2.28. The lowest BCUT2D eigenvalue weighted by molar-refractivity contribution is -0.116. The number of primary amides is 1. The van der Waals surface area contributed by atoms with Gasteiger partial charge in [-0.25, -0.2) is 4.79 Å². The van der Waals surface area contributed by atoms with Gasteiger partial charge in [-0.3, -0.25) is 4.79 Å². The highest BCUT2D eigenvalue weighted by atomic mass is 16.6. The average Bonchev–Trinajstić information content (AvgIpc) is 2.75. The van der Waals surface area contributed by atoms with Gasteiger partial charge in [-0.2, -0.15) is 4.99 Å². The van der Waals surface area contributed by atoms with Crippen LogP contribution in [-0.4, -0.2) is 55.5 Å². The topological polar surface area (TPSA) is 114 Å². The molecule has 3 rings (SSSR count). The molecule has 0 radical (unpaired) electrons. The minimum absolute atomic E-state index is 0.0492. The van der Waals surface area contributed by atoms with Crippen molar-refractivity contribution in [2.45, 2.75) is 25.5 Å². The Morgan fingerprint density at radius 1 is 1.10 bits per heavy atom. The minimum Gasteiger partial charge on any atom is -0.444 e. The number of nitrogens with two attached hydrogens (primary N) is 2. The van der Waals surface area contributed by atoms with Crippen LogP contribution in [0.1, 0.15) is 24.0 Å². The minimum atomic E-state index is -0.685. The van der Waals surface area contributed by atoms with Crippen LogP contribution in [0.25, 0.3) is 0 Å². The third kappa shape index (κ3) is 6.82. The van der Waals surface area contributed by atoms with Gasteiger partial charge in [0.05, 0.1) is 6.54 Å². The molecule has 8 heteroatoms. The molecule has 4 N–H and O–H groups in total. The molecule has 2 amide bonds. The Balaban J connectivity index is 1.72. The molecule has 0 saturated carbocycles. The average molecular weight is 424 g/mol. The Morgan fingerprint density at radius 2 is 1.81 bits per heavy atom. The molecule has 8 nitrogen and oxygen atoms in total. The molecule has 1 fully saturated rings. The van der Waals surface area contributed by atoms with E-state index in [4.69, 9.17) is 16.2 Å². The van der Waals surface area contributed by atoms with Crippen molar-refractivity contribution >= 4 is 23.5 Å². The summed E-state index contributed by atoms with van der Waals surface area (Å²) >= 11 is 0. The van der Waals surface area contributed by atoms with Crippen LogP contribution in [0.5, 0.6) is 0 Å². The van der Waals surface area contributed by atoms with E-state index in [1.54, 1.807) is 18.2 Å². The molecule has 1 aliphatic rings. The molecule has 0 spiro atoms. The summed E-state index contributed by atoms with van der Waals surface area (Å²) in [4.78, 5) is 31.8. The molecule has 0 aliphatic carbocycles. The lowest BCUT2D eigenvalue weighted by atomic mass is 10.1. The molecule has 0 bridgehead atoms. The van der Waals surface area contributed by atoms with Crippen molar-refractivity contribution in [3.63, 3.8) is 0 Å². The van der Waals surface area contributed by atoms with Crippen molar-refractivity contribution in [3.05, 3.63) is 65.7 Å². The fourth-order valence-corrected chi connectivity index (χ4v) is 3.53. The Hall–Kier alpha value is -3.39. The number of carbonyl (C=O) groups is 2. The van der Waals surface area contributed by atoms with Gasteiger partial charge in [-0.15, -0.1) is 0 Å².